The van der Waals surface area contributed by atoms with Gasteiger partial charge in [0, 0.05) is 11.6 Å². The summed E-state index contributed by atoms with van der Waals surface area (Å²) in [6.45, 7) is 1.87. The van der Waals surface area contributed by atoms with Gasteiger partial charge in [-0.25, -0.2) is 9.50 Å². The predicted octanol–water partition coefficient (Wildman–Crippen LogP) is 3.00. The van der Waals surface area contributed by atoms with Gasteiger partial charge in [-0.1, -0.05) is 17.7 Å². The number of nitrogens with one attached hydrogen (secondary N) is 1. The molecule has 0 saturated heterocycles. The molecular weight excluding hydrogens is 284 g/mol. The highest BCUT2D eigenvalue weighted by Gasteiger charge is 2.18. The SMILES string of the molecule is Cc1csc(NC(=O)c2nn3ccccc3c2Cl)n1. The van der Waals surface area contributed by atoms with E-state index in [0.717, 1.165) is 5.69 Å². The summed E-state index contributed by atoms with van der Waals surface area (Å²) in [5, 5.41) is 9.59. The molecule has 0 spiro atoms. The van der Waals surface area contributed by atoms with E-state index < -0.39 is 0 Å². The van der Waals surface area contributed by atoms with Gasteiger partial charge < -0.3 is 0 Å². The highest BCUT2D eigenvalue weighted by Crippen LogP contribution is 2.23. The summed E-state index contributed by atoms with van der Waals surface area (Å²) in [5.74, 6) is -0.358. The predicted molar refractivity (Wildman–Crippen MR) is 75.0 cm³/mol. The van der Waals surface area contributed by atoms with Gasteiger partial charge in [-0.2, -0.15) is 5.10 Å². The van der Waals surface area contributed by atoms with E-state index in [-0.39, 0.29) is 11.6 Å². The fourth-order valence-electron chi connectivity index (χ4n) is 1.68. The van der Waals surface area contributed by atoms with Crippen LogP contribution < -0.4 is 5.32 Å². The number of halogens is 1. The molecule has 1 N–H and O–H groups in total. The Morgan fingerprint density at radius 2 is 2.32 bits per heavy atom. The third kappa shape index (κ3) is 2.20. The van der Waals surface area contributed by atoms with E-state index in [1.54, 1.807) is 16.8 Å². The third-order valence-corrected chi connectivity index (χ3v) is 3.78. The second-order valence-corrected chi connectivity index (χ2v) is 5.18. The van der Waals surface area contributed by atoms with Gasteiger partial charge in [-0.3, -0.25) is 10.1 Å². The molecule has 5 nitrogen and oxygen atoms in total. The number of nitrogens with zero attached hydrogens (tertiary/aromatic N) is 3. The number of carbonyl (C=O) groups excluding carboxylic acids is 1. The molecule has 0 aliphatic heterocycles. The van der Waals surface area contributed by atoms with E-state index in [4.69, 9.17) is 11.6 Å². The molecule has 0 unspecified atom stereocenters. The van der Waals surface area contributed by atoms with Gasteiger partial charge in [0.1, 0.15) is 0 Å². The maximum absolute atomic E-state index is 12.1. The molecule has 0 atom stereocenters. The molecule has 0 bridgehead atoms. The van der Waals surface area contributed by atoms with Gasteiger partial charge in [0.05, 0.1) is 16.2 Å². The normalized spacial score (nSPS) is 10.8. The van der Waals surface area contributed by atoms with Crippen LogP contribution in [0.4, 0.5) is 5.13 Å². The minimum atomic E-state index is -0.358. The third-order valence-electron chi connectivity index (χ3n) is 2.53. The Balaban J connectivity index is 1.95. The summed E-state index contributed by atoms with van der Waals surface area (Å²) in [7, 11) is 0. The smallest absolute Gasteiger partial charge is 0.279 e. The maximum Gasteiger partial charge on any atom is 0.279 e. The quantitative estimate of drug-likeness (QED) is 0.790. The van der Waals surface area contributed by atoms with Crippen molar-refractivity contribution in [2.45, 2.75) is 6.92 Å². The van der Waals surface area contributed by atoms with E-state index in [0.29, 0.717) is 15.7 Å². The minimum Gasteiger partial charge on any atom is -0.296 e. The fraction of sp³-hybridized carbons (Fsp3) is 0.0833. The summed E-state index contributed by atoms with van der Waals surface area (Å²) >= 11 is 7.53. The molecule has 3 rings (SSSR count). The monoisotopic (exact) mass is 292 g/mol. The number of thiazole rings is 1. The van der Waals surface area contributed by atoms with Crippen LogP contribution in [0, 0.1) is 6.92 Å². The first-order valence-corrected chi connectivity index (χ1v) is 6.77. The lowest BCUT2D eigenvalue weighted by Crippen LogP contribution is -2.13. The number of pyridine rings is 1. The zero-order valence-corrected chi connectivity index (χ0v) is 11.5. The van der Waals surface area contributed by atoms with Crippen LogP contribution in [-0.2, 0) is 0 Å². The van der Waals surface area contributed by atoms with E-state index in [1.165, 1.54) is 11.3 Å². The van der Waals surface area contributed by atoms with Crippen LogP contribution >= 0.6 is 22.9 Å². The van der Waals surface area contributed by atoms with Crippen molar-refractivity contribution < 1.29 is 4.79 Å². The van der Waals surface area contributed by atoms with Crippen molar-refractivity contribution in [1.29, 1.82) is 0 Å². The summed E-state index contributed by atoms with van der Waals surface area (Å²) in [4.78, 5) is 16.3. The highest BCUT2D eigenvalue weighted by atomic mass is 35.5. The van der Waals surface area contributed by atoms with E-state index in [1.807, 2.05) is 24.4 Å². The van der Waals surface area contributed by atoms with Crippen LogP contribution in [0.25, 0.3) is 5.52 Å². The largest absolute Gasteiger partial charge is 0.296 e. The van der Waals surface area contributed by atoms with Crippen molar-refractivity contribution in [2.24, 2.45) is 0 Å². The molecule has 0 radical (unpaired) electrons. The highest BCUT2D eigenvalue weighted by molar-refractivity contribution is 7.13. The molecule has 1 amide bonds. The van der Waals surface area contributed by atoms with Crippen LogP contribution in [0.15, 0.2) is 29.8 Å². The zero-order valence-electron chi connectivity index (χ0n) is 9.92. The van der Waals surface area contributed by atoms with Crippen molar-refractivity contribution in [3.8, 4) is 0 Å². The Kier molecular flexibility index (Phi) is 2.96. The Bertz CT molecular complexity index is 764. The average Bonchev–Trinajstić information content (AvgIpc) is 2.94. The number of aromatic nitrogens is 3. The molecule has 0 aliphatic carbocycles. The molecule has 0 aliphatic rings. The zero-order chi connectivity index (χ0) is 13.4. The van der Waals surface area contributed by atoms with Gasteiger partial charge >= 0.3 is 0 Å². The van der Waals surface area contributed by atoms with Crippen molar-refractivity contribution in [1.82, 2.24) is 14.6 Å². The van der Waals surface area contributed by atoms with E-state index in [9.17, 15) is 4.79 Å². The molecule has 0 fully saturated rings. The molecule has 7 heteroatoms. The van der Waals surface area contributed by atoms with Gasteiger partial charge in [-0.15, -0.1) is 11.3 Å². The van der Waals surface area contributed by atoms with Crippen LogP contribution in [0.1, 0.15) is 16.2 Å². The second kappa shape index (κ2) is 4.64. The van der Waals surface area contributed by atoms with Gasteiger partial charge in [-0.05, 0) is 19.1 Å². The molecule has 0 saturated carbocycles. The lowest BCUT2D eigenvalue weighted by Gasteiger charge is -1.97. The summed E-state index contributed by atoms with van der Waals surface area (Å²) in [6.07, 6.45) is 1.74. The number of carbonyl (C=O) groups is 1. The summed E-state index contributed by atoms with van der Waals surface area (Å²) in [5.41, 5.74) is 1.76. The number of aryl methyl sites for hydroxylation is 1. The van der Waals surface area contributed by atoms with Crippen molar-refractivity contribution in [2.75, 3.05) is 5.32 Å². The summed E-state index contributed by atoms with van der Waals surface area (Å²) < 4.78 is 1.57. The van der Waals surface area contributed by atoms with E-state index >= 15 is 0 Å². The Morgan fingerprint density at radius 3 is 3.00 bits per heavy atom. The number of anilines is 1. The fourth-order valence-corrected chi connectivity index (χ4v) is 2.64. The number of rotatable bonds is 2. The van der Waals surface area contributed by atoms with Crippen LogP contribution in [0.5, 0.6) is 0 Å². The molecule has 19 heavy (non-hydrogen) atoms. The van der Waals surface area contributed by atoms with Gasteiger partial charge in [0.2, 0.25) is 0 Å². The first-order valence-electron chi connectivity index (χ1n) is 5.51. The minimum absolute atomic E-state index is 0.195. The van der Waals surface area contributed by atoms with E-state index in [2.05, 4.69) is 15.4 Å². The molecule has 96 valence electrons. The van der Waals surface area contributed by atoms with Crippen molar-refractivity contribution in [3.63, 3.8) is 0 Å². The molecule has 3 aromatic heterocycles. The van der Waals surface area contributed by atoms with Gasteiger partial charge in [0.25, 0.3) is 5.91 Å². The molecule has 3 heterocycles. The first-order chi connectivity index (χ1) is 9.15. The Morgan fingerprint density at radius 1 is 1.47 bits per heavy atom. The standard InChI is InChI=1S/C12H9ClN4OS/c1-7-6-19-12(14-7)15-11(18)10-9(13)8-4-2-3-5-17(8)16-10/h2-6H,1H3,(H,14,15,18). The number of fused-ring (bicyclic) bond motifs is 1. The lowest BCUT2D eigenvalue weighted by atomic mass is 10.3. The topological polar surface area (TPSA) is 59.3 Å². The van der Waals surface area contributed by atoms with Gasteiger partial charge in [0.15, 0.2) is 10.8 Å². The number of amides is 1. The van der Waals surface area contributed by atoms with Crippen LogP contribution in [0.2, 0.25) is 5.02 Å². The molecular formula is C12H9ClN4OS. The van der Waals surface area contributed by atoms with Crippen molar-refractivity contribution >= 4 is 39.5 Å². The van der Waals surface area contributed by atoms with Crippen molar-refractivity contribution in [3.05, 3.63) is 46.2 Å². The molecule has 3 aromatic rings. The Hall–Kier alpha value is -1.92. The molecule has 0 aromatic carbocycles. The average molecular weight is 293 g/mol. The first kappa shape index (κ1) is 12.1. The number of hydrogen-bond donors (Lipinski definition) is 1. The second-order valence-electron chi connectivity index (χ2n) is 3.94. The lowest BCUT2D eigenvalue weighted by molar-refractivity contribution is 0.102. The number of hydrogen-bond acceptors (Lipinski definition) is 4. The Labute approximate surface area is 117 Å². The summed E-state index contributed by atoms with van der Waals surface area (Å²) in [6, 6.07) is 5.47. The van der Waals surface area contributed by atoms with Crippen LogP contribution in [-0.4, -0.2) is 20.5 Å². The van der Waals surface area contributed by atoms with Crippen LogP contribution in [0.3, 0.4) is 0 Å². The maximum atomic E-state index is 12.1.